The summed E-state index contributed by atoms with van der Waals surface area (Å²) in [5.41, 5.74) is 1.62. The molecule has 0 saturated heterocycles. The predicted octanol–water partition coefficient (Wildman–Crippen LogP) is 1.66. The molecule has 8 bridgehead atoms. The third-order valence-corrected chi connectivity index (χ3v) is 11.1. The molecule has 1 radical (unpaired) electrons. The summed E-state index contributed by atoms with van der Waals surface area (Å²) in [6.45, 7) is 0. The Morgan fingerprint density at radius 1 is 0.279 bits per heavy atom. The Morgan fingerprint density at radius 2 is 0.475 bits per heavy atom. The number of nitrogens with one attached hydrogen (secondary N) is 4. The average Bonchev–Trinajstić information content (AvgIpc) is 4.10. The smallest absolute Gasteiger partial charge is 0.357 e. The number of hydrogen-bond acceptors (Lipinski definition) is 14. The molecule has 20 nitrogen and oxygen atoms in total. The van der Waals surface area contributed by atoms with E-state index in [-0.39, 0.29) is 151 Å². The van der Waals surface area contributed by atoms with Crippen molar-refractivity contribution in [1.82, 2.24) is 61.1 Å². The number of imide groups is 4. The number of benzene rings is 4. The van der Waals surface area contributed by atoms with Gasteiger partial charge in [0, 0.05) is 44.8 Å². The minimum absolute atomic E-state index is 0. The molecule has 0 saturated carbocycles. The van der Waals surface area contributed by atoms with Crippen molar-refractivity contribution in [2.24, 2.45) is 0 Å². The molecule has 61 heavy (non-hydrogen) atoms. The van der Waals surface area contributed by atoms with E-state index < -0.39 is 47.3 Å². The Morgan fingerprint density at radius 3 is 0.689 bits per heavy atom. The van der Waals surface area contributed by atoms with E-state index in [1.165, 1.54) is 48.5 Å². The first-order chi connectivity index (χ1) is 28.9. The molecule has 4 N–H and O–H groups in total. The molecular weight excluding hydrogens is 840 g/mol. The Kier molecular flexibility index (Phi) is 6.36. The minimum atomic E-state index is -0.636. The van der Waals surface area contributed by atoms with E-state index in [4.69, 9.17) is 39.9 Å². The van der Waals surface area contributed by atoms with Crippen molar-refractivity contribution in [2.75, 3.05) is 0 Å². The number of amides is 8. The molecule has 6 aliphatic rings. The van der Waals surface area contributed by atoms with Crippen LogP contribution in [0.3, 0.4) is 0 Å². The van der Waals surface area contributed by atoms with Gasteiger partial charge in [0.2, 0.25) is 0 Å². The van der Waals surface area contributed by atoms with Crippen molar-refractivity contribution in [1.29, 1.82) is 0 Å². The van der Waals surface area contributed by atoms with Crippen LogP contribution in [0.1, 0.15) is 82.9 Å². The molecule has 0 aliphatic carbocycles. The second kappa shape index (κ2) is 11.3. The number of hydrogen-bond donors (Lipinski definition) is 4. The van der Waals surface area contributed by atoms with Crippen LogP contribution >= 0.6 is 0 Å². The standard InChI is InChI=1S/C40H14N12O8.Cu/c53-33-17-1-9-10(2-18(17)34(54)49-33)26-41-25(9)45-27-11-3-19-20(36(56)50-35(19)55)4-12(11)29(42-27)47-31-15-7-23-24(40(60)52-39(23)59)8-16(15)32(44-31)48-30-14-6-22-21(37(57)51-38(22)58)5-13(14)28(43-30)46-26;/h1-8H,(H6,41,42,43,44,45,46,47,48,49,50,51,52,53,54,55,56,57,58,59,60);/q;+2/p-2. The number of carbonyl (C=O) groups is 8. The van der Waals surface area contributed by atoms with Gasteiger partial charge >= 0.3 is 17.1 Å². The summed E-state index contributed by atoms with van der Waals surface area (Å²) in [4.78, 5) is 141. The quantitative estimate of drug-likeness (QED) is 0.125. The van der Waals surface area contributed by atoms with Crippen molar-refractivity contribution in [3.63, 3.8) is 0 Å². The van der Waals surface area contributed by atoms with Crippen molar-refractivity contribution >= 4 is 91.4 Å². The second-order valence-electron chi connectivity index (χ2n) is 14.4. The van der Waals surface area contributed by atoms with Crippen LogP contribution in [0.5, 0.6) is 0 Å². The van der Waals surface area contributed by atoms with Gasteiger partial charge in [0.05, 0.1) is 67.8 Å². The van der Waals surface area contributed by atoms with Gasteiger partial charge in [-0.3, -0.25) is 59.6 Å². The predicted molar refractivity (Wildman–Crippen MR) is 201 cm³/mol. The number of aromatic nitrogens is 8. The van der Waals surface area contributed by atoms with E-state index in [0.717, 1.165) is 0 Å². The minimum Gasteiger partial charge on any atom is -0.357 e. The molecule has 0 spiro atoms. The van der Waals surface area contributed by atoms with E-state index in [0.29, 0.717) is 0 Å². The molecule has 7 aromatic rings. The van der Waals surface area contributed by atoms with Crippen LogP contribution in [0.15, 0.2) is 48.5 Å². The van der Waals surface area contributed by atoms with E-state index >= 15 is 0 Å². The summed E-state index contributed by atoms with van der Waals surface area (Å²) < 4.78 is 0. The summed E-state index contributed by atoms with van der Waals surface area (Å²) in [7, 11) is 0. The molecule has 0 atom stereocenters. The number of fused-ring (bicyclic) bond motifs is 24. The van der Waals surface area contributed by atoms with E-state index in [1.54, 1.807) is 0 Å². The first-order valence-electron chi connectivity index (χ1n) is 17.8. The fourth-order valence-electron chi connectivity index (χ4n) is 8.30. The van der Waals surface area contributed by atoms with E-state index in [2.05, 4.69) is 21.3 Å². The Bertz CT molecular complexity index is 3270. The van der Waals surface area contributed by atoms with Gasteiger partial charge in [-0.25, -0.2) is 9.97 Å². The van der Waals surface area contributed by atoms with Crippen LogP contribution in [-0.4, -0.2) is 77.2 Å². The van der Waals surface area contributed by atoms with Crippen molar-refractivity contribution in [3.8, 4) is 45.6 Å². The fourth-order valence-corrected chi connectivity index (χ4v) is 8.30. The monoisotopic (exact) mass is 851 g/mol. The molecule has 6 aliphatic heterocycles. The number of nitrogens with zero attached hydrogens (tertiary/aromatic N) is 8. The first kappa shape index (κ1) is 34.4. The van der Waals surface area contributed by atoms with Crippen LogP contribution in [0.25, 0.3) is 89.7 Å². The maximum absolute atomic E-state index is 12.9. The maximum atomic E-state index is 12.9. The normalized spacial score (nSPS) is 15.2. The van der Waals surface area contributed by atoms with Crippen LogP contribution in [0, 0.1) is 0 Å². The van der Waals surface area contributed by atoms with Crippen LogP contribution in [-0.2, 0) is 17.1 Å². The Labute approximate surface area is 345 Å². The topological polar surface area (TPSA) is 290 Å². The summed E-state index contributed by atoms with van der Waals surface area (Å²) in [5.74, 6) is -5.11. The zero-order valence-electron chi connectivity index (χ0n) is 29.8. The van der Waals surface area contributed by atoms with Crippen LogP contribution in [0.2, 0.25) is 0 Å². The third-order valence-electron chi connectivity index (χ3n) is 11.1. The molecule has 21 heteroatoms. The van der Waals surface area contributed by atoms with Crippen LogP contribution in [0.4, 0.5) is 0 Å². The number of carbonyl (C=O) groups excluding carboxylic acids is 8. The van der Waals surface area contributed by atoms with Crippen molar-refractivity contribution in [3.05, 3.63) is 93.0 Å². The second-order valence-corrected chi connectivity index (χ2v) is 14.4. The zero-order valence-corrected chi connectivity index (χ0v) is 30.7. The molecule has 13 rings (SSSR count). The first-order valence-corrected chi connectivity index (χ1v) is 17.8. The molecule has 3 aromatic heterocycles. The maximum Gasteiger partial charge on any atom is 2.00 e. The van der Waals surface area contributed by atoms with E-state index in [9.17, 15) is 38.4 Å². The Hall–Kier alpha value is -8.68. The van der Waals surface area contributed by atoms with Gasteiger partial charge in [-0.2, -0.15) is 0 Å². The van der Waals surface area contributed by atoms with Gasteiger partial charge in [0.1, 0.15) is 0 Å². The van der Waals surface area contributed by atoms with Gasteiger partial charge in [-0.15, -0.1) is 0 Å². The average molecular weight is 852 g/mol. The molecule has 291 valence electrons. The molecule has 0 unspecified atom stereocenters. The zero-order chi connectivity index (χ0) is 40.6. The summed E-state index contributed by atoms with van der Waals surface area (Å²) in [5, 5.41) is 10.2. The fraction of sp³-hybridized carbons (Fsp3) is 0. The van der Waals surface area contributed by atoms with Crippen molar-refractivity contribution in [2.45, 2.75) is 0 Å². The van der Waals surface area contributed by atoms with Gasteiger partial charge < -0.3 is 29.9 Å². The molecule has 4 aromatic carbocycles. The molecule has 0 fully saturated rings. The van der Waals surface area contributed by atoms with Gasteiger partial charge in [-0.05, 0) is 70.1 Å². The third kappa shape index (κ3) is 4.46. The van der Waals surface area contributed by atoms with Crippen LogP contribution < -0.4 is 31.2 Å². The van der Waals surface area contributed by atoms with Gasteiger partial charge in [0.15, 0.2) is 0 Å². The SMILES string of the molecule is O=C1NC(=O)c2cc3c(cc21)-c1nc-3nc2[n-]c(nc3nc(nc4[n-]c(n1)c1cc5c(cc41)C(=O)NC5=O)-c1cc4c(cc1-3)C(=O)NC4=O)c1cc3c(cc21)C(=O)NC3=O.[Cu+2]. The molecule has 8 amide bonds. The molecular formula is C40H12CuN12O8. The Balaban J connectivity index is 0.00000399. The van der Waals surface area contributed by atoms with Gasteiger partial charge in [0.25, 0.3) is 47.3 Å². The van der Waals surface area contributed by atoms with Crippen molar-refractivity contribution < 1.29 is 55.4 Å². The molecule has 9 heterocycles. The number of rotatable bonds is 0. The van der Waals surface area contributed by atoms with Gasteiger partial charge in [-0.1, -0.05) is 0 Å². The summed E-state index contributed by atoms with van der Waals surface area (Å²) >= 11 is 0. The summed E-state index contributed by atoms with van der Waals surface area (Å²) in [6, 6.07) is 11.6. The summed E-state index contributed by atoms with van der Waals surface area (Å²) in [6.07, 6.45) is 0. The van der Waals surface area contributed by atoms with E-state index in [1.807, 2.05) is 0 Å². The largest absolute Gasteiger partial charge is 2.00 e.